The quantitative estimate of drug-likeness (QED) is 0.680. The zero-order valence-corrected chi connectivity index (χ0v) is 16.2. The van der Waals surface area contributed by atoms with Crippen LogP contribution in [0.2, 0.25) is 0 Å². The van der Waals surface area contributed by atoms with Crippen LogP contribution in [0.1, 0.15) is 10.6 Å². The van der Waals surface area contributed by atoms with Gasteiger partial charge in [0.05, 0.1) is 11.2 Å². The standard InChI is InChI=1S/C19H19N5O4S/c25-19(16-7-4-14-28-16)24-12-10-23(11-13-24)18-17(20-8-9-21-18)22-29(26,27)15-5-2-1-3-6-15/h1-9,14H,10-13H2,(H,20,22). The lowest BCUT2D eigenvalue weighted by atomic mass is 10.3. The molecule has 1 amide bonds. The molecule has 29 heavy (non-hydrogen) atoms. The van der Waals surface area contributed by atoms with E-state index in [4.69, 9.17) is 4.42 Å². The summed E-state index contributed by atoms with van der Waals surface area (Å²) in [6, 6.07) is 11.4. The number of sulfonamides is 1. The second kappa shape index (κ2) is 7.92. The zero-order valence-electron chi connectivity index (χ0n) is 15.4. The summed E-state index contributed by atoms with van der Waals surface area (Å²) in [7, 11) is -3.78. The van der Waals surface area contributed by atoms with Crippen molar-refractivity contribution in [1.82, 2.24) is 14.9 Å². The van der Waals surface area contributed by atoms with E-state index in [0.717, 1.165) is 0 Å². The summed E-state index contributed by atoms with van der Waals surface area (Å²) in [6.07, 6.45) is 4.41. The Morgan fingerprint density at radius 1 is 0.966 bits per heavy atom. The van der Waals surface area contributed by atoms with E-state index < -0.39 is 10.0 Å². The van der Waals surface area contributed by atoms with Crippen molar-refractivity contribution in [3.63, 3.8) is 0 Å². The molecule has 0 aliphatic carbocycles. The van der Waals surface area contributed by atoms with Crippen molar-refractivity contribution < 1.29 is 17.6 Å². The maximum absolute atomic E-state index is 12.6. The minimum atomic E-state index is -3.78. The number of furan rings is 1. The van der Waals surface area contributed by atoms with Gasteiger partial charge in [-0.3, -0.25) is 9.52 Å². The average Bonchev–Trinajstić information content (AvgIpc) is 3.29. The van der Waals surface area contributed by atoms with Crippen LogP contribution in [-0.2, 0) is 10.0 Å². The third-order valence-corrected chi connectivity index (χ3v) is 5.92. The minimum absolute atomic E-state index is 0.144. The van der Waals surface area contributed by atoms with Gasteiger partial charge in [0.15, 0.2) is 17.4 Å². The molecular weight excluding hydrogens is 394 g/mol. The van der Waals surface area contributed by atoms with Crippen LogP contribution in [0.25, 0.3) is 0 Å². The van der Waals surface area contributed by atoms with Gasteiger partial charge in [-0.15, -0.1) is 0 Å². The predicted octanol–water partition coefficient (Wildman–Crippen LogP) is 1.83. The Morgan fingerprint density at radius 3 is 2.38 bits per heavy atom. The average molecular weight is 413 g/mol. The molecule has 4 rings (SSSR count). The van der Waals surface area contributed by atoms with Gasteiger partial charge in [0.25, 0.3) is 15.9 Å². The largest absolute Gasteiger partial charge is 0.459 e. The summed E-state index contributed by atoms with van der Waals surface area (Å²) in [5, 5.41) is 0. The smallest absolute Gasteiger partial charge is 0.289 e. The number of carbonyl (C=O) groups is 1. The molecule has 3 aromatic rings. The Bertz CT molecular complexity index is 1080. The number of hydrogen-bond acceptors (Lipinski definition) is 7. The van der Waals surface area contributed by atoms with Crippen molar-refractivity contribution in [2.75, 3.05) is 35.8 Å². The number of nitrogens with one attached hydrogen (secondary N) is 1. The second-order valence-electron chi connectivity index (χ2n) is 6.40. The lowest BCUT2D eigenvalue weighted by Crippen LogP contribution is -2.49. The van der Waals surface area contributed by atoms with Gasteiger partial charge in [0.1, 0.15) is 0 Å². The molecule has 1 aromatic carbocycles. The Labute approximate surface area is 168 Å². The minimum Gasteiger partial charge on any atom is -0.459 e. The summed E-state index contributed by atoms with van der Waals surface area (Å²) < 4.78 is 33.0. The fraction of sp³-hybridized carbons (Fsp3) is 0.211. The second-order valence-corrected chi connectivity index (χ2v) is 8.09. The van der Waals surface area contributed by atoms with Crippen LogP contribution in [-0.4, -0.2) is 55.4 Å². The Balaban J connectivity index is 1.49. The molecule has 0 atom stereocenters. The van der Waals surface area contributed by atoms with Gasteiger partial charge in [0.2, 0.25) is 0 Å². The SMILES string of the molecule is O=C(c1ccco1)N1CCN(c2nccnc2NS(=O)(=O)c2ccccc2)CC1. The fourth-order valence-corrected chi connectivity index (χ4v) is 4.13. The molecule has 0 spiro atoms. The van der Waals surface area contributed by atoms with Crippen LogP contribution in [0.5, 0.6) is 0 Å². The van der Waals surface area contributed by atoms with E-state index in [2.05, 4.69) is 14.7 Å². The van der Waals surface area contributed by atoms with E-state index in [1.807, 2.05) is 4.90 Å². The lowest BCUT2D eigenvalue weighted by molar-refractivity contribution is 0.0714. The van der Waals surface area contributed by atoms with Gasteiger partial charge >= 0.3 is 0 Å². The number of rotatable bonds is 5. The van der Waals surface area contributed by atoms with Gasteiger partial charge in [-0.2, -0.15) is 0 Å². The monoisotopic (exact) mass is 413 g/mol. The molecular formula is C19H19N5O4S. The highest BCUT2D eigenvalue weighted by atomic mass is 32.2. The van der Waals surface area contributed by atoms with Crippen LogP contribution in [0.3, 0.4) is 0 Å². The van der Waals surface area contributed by atoms with Crippen molar-refractivity contribution in [3.8, 4) is 0 Å². The molecule has 3 heterocycles. The van der Waals surface area contributed by atoms with E-state index >= 15 is 0 Å². The number of hydrogen-bond donors (Lipinski definition) is 1. The third-order valence-electron chi connectivity index (χ3n) is 4.56. The van der Waals surface area contributed by atoms with Gasteiger partial charge in [-0.1, -0.05) is 18.2 Å². The third kappa shape index (κ3) is 4.06. The first-order chi connectivity index (χ1) is 14.0. The van der Waals surface area contributed by atoms with Crippen LogP contribution in [0.4, 0.5) is 11.6 Å². The van der Waals surface area contributed by atoms with Crippen molar-refractivity contribution in [1.29, 1.82) is 0 Å². The van der Waals surface area contributed by atoms with E-state index in [9.17, 15) is 13.2 Å². The van der Waals surface area contributed by atoms with Crippen molar-refractivity contribution >= 4 is 27.6 Å². The maximum atomic E-state index is 12.6. The maximum Gasteiger partial charge on any atom is 0.289 e. The number of aromatic nitrogens is 2. The highest BCUT2D eigenvalue weighted by molar-refractivity contribution is 7.92. The normalized spacial score (nSPS) is 14.6. The Morgan fingerprint density at radius 2 is 1.69 bits per heavy atom. The molecule has 0 radical (unpaired) electrons. The molecule has 0 unspecified atom stereocenters. The van der Waals surface area contributed by atoms with E-state index in [0.29, 0.717) is 37.8 Å². The molecule has 0 saturated carbocycles. The number of piperazine rings is 1. The summed E-state index contributed by atoms with van der Waals surface area (Å²) in [5.41, 5.74) is 0. The summed E-state index contributed by atoms with van der Waals surface area (Å²) in [4.78, 5) is 24.6. The molecule has 2 aromatic heterocycles. The van der Waals surface area contributed by atoms with Crippen molar-refractivity contribution in [2.45, 2.75) is 4.90 Å². The molecule has 150 valence electrons. The molecule has 1 aliphatic heterocycles. The highest BCUT2D eigenvalue weighted by Crippen LogP contribution is 2.24. The number of anilines is 2. The molecule has 0 bridgehead atoms. The first-order valence-corrected chi connectivity index (χ1v) is 10.5. The van der Waals surface area contributed by atoms with E-state index in [-0.39, 0.29) is 16.6 Å². The first kappa shape index (κ1) is 18.9. The number of carbonyl (C=O) groups excluding carboxylic acids is 1. The Kier molecular flexibility index (Phi) is 5.17. The van der Waals surface area contributed by atoms with Gasteiger partial charge < -0.3 is 14.2 Å². The van der Waals surface area contributed by atoms with Gasteiger partial charge in [0, 0.05) is 38.6 Å². The lowest BCUT2D eigenvalue weighted by Gasteiger charge is -2.35. The van der Waals surface area contributed by atoms with Crippen LogP contribution in [0, 0.1) is 0 Å². The Hall–Kier alpha value is -3.40. The van der Waals surface area contributed by atoms with Gasteiger partial charge in [-0.25, -0.2) is 18.4 Å². The number of amides is 1. The first-order valence-electron chi connectivity index (χ1n) is 9.01. The molecule has 1 N–H and O–H groups in total. The van der Waals surface area contributed by atoms with Crippen molar-refractivity contribution in [3.05, 3.63) is 66.9 Å². The van der Waals surface area contributed by atoms with Crippen LogP contribution < -0.4 is 9.62 Å². The molecule has 1 saturated heterocycles. The molecule has 1 fully saturated rings. The van der Waals surface area contributed by atoms with Gasteiger partial charge in [-0.05, 0) is 24.3 Å². The fourth-order valence-electron chi connectivity index (χ4n) is 3.10. The van der Waals surface area contributed by atoms with Crippen LogP contribution in [0.15, 0.2) is 70.4 Å². The summed E-state index contributed by atoms with van der Waals surface area (Å²) >= 11 is 0. The van der Waals surface area contributed by atoms with E-state index in [1.165, 1.54) is 30.8 Å². The topological polar surface area (TPSA) is 109 Å². The number of nitrogens with zero attached hydrogens (tertiary/aromatic N) is 4. The van der Waals surface area contributed by atoms with Crippen LogP contribution >= 0.6 is 0 Å². The highest BCUT2D eigenvalue weighted by Gasteiger charge is 2.27. The van der Waals surface area contributed by atoms with E-state index in [1.54, 1.807) is 35.2 Å². The van der Waals surface area contributed by atoms with Crippen molar-refractivity contribution in [2.24, 2.45) is 0 Å². The summed E-state index contributed by atoms with van der Waals surface area (Å²) in [6.45, 7) is 1.90. The molecule has 10 heteroatoms. The zero-order chi connectivity index (χ0) is 20.3. The number of benzene rings is 1. The molecule has 9 nitrogen and oxygen atoms in total. The summed E-state index contributed by atoms with van der Waals surface area (Å²) in [5.74, 6) is 0.715. The predicted molar refractivity (Wildman–Crippen MR) is 106 cm³/mol. The molecule has 1 aliphatic rings.